The number of hydrogen-bond acceptors (Lipinski definition) is 3. The Morgan fingerprint density at radius 3 is 2.76 bits per heavy atom. The van der Waals surface area contributed by atoms with E-state index in [0.29, 0.717) is 11.7 Å². The van der Waals surface area contributed by atoms with Crippen molar-refractivity contribution in [3.8, 4) is 0 Å². The molecule has 1 aromatic heterocycles. The summed E-state index contributed by atoms with van der Waals surface area (Å²) in [6.07, 6.45) is 3.58. The maximum absolute atomic E-state index is 12.0. The number of pyridine rings is 1. The Labute approximate surface area is 103 Å². The van der Waals surface area contributed by atoms with Crippen molar-refractivity contribution in [2.75, 3.05) is 12.4 Å². The molecular formula is C13H21N3O. The largest absolute Gasteiger partial charge is 0.309 e. The second-order valence-corrected chi connectivity index (χ2v) is 4.29. The van der Waals surface area contributed by atoms with Crippen molar-refractivity contribution in [3.05, 3.63) is 24.4 Å². The van der Waals surface area contributed by atoms with Crippen LogP contribution in [0.15, 0.2) is 24.4 Å². The predicted octanol–water partition coefficient (Wildman–Crippen LogP) is 2.04. The Bertz CT molecular complexity index is 340. The second kappa shape index (κ2) is 7.01. The molecule has 0 spiro atoms. The van der Waals surface area contributed by atoms with Crippen LogP contribution in [0.1, 0.15) is 26.7 Å². The fourth-order valence-electron chi connectivity index (χ4n) is 1.58. The van der Waals surface area contributed by atoms with Crippen LogP contribution in [0, 0.1) is 5.92 Å². The first kappa shape index (κ1) is 13.6. The second-order valence-electron chi connectivity index (χ2n) is 4.29. The summed E-state index contributed by atoms with van der Waals surface area (Å²) in [5.74, 6) is 1.11. The van der Waals surface area contributed by atoms with Gasteiger partial charge in [-0.1, -0.05) is 26.3 Å². The summed E-state index contributed by atoms with van der Waals surface area (Å²) in [6.45, 7) is 4.28. The van der Waals surface area contributed by atoms with E-state index in [-0.39, 0.29) is 11.9 Å². The average molecular weight is 235 g/mol. The van der Waals surface area contributed by atoms with E-state index in [0.717, 1.165) is 12.8 Å². The van der Waals surface area contributed by atoms with E-state index >= 15 is 0 Å². The van der Waals surface area contributed by atoms with Crippen molar-refractivity contribution in [1.82, 2.24) is 10.3 Å². The number of hydrogen-bond donors (Lipinski definition) is 2. The Balaban J connectivity index is 2.55. The van der Waals surface area contributed by atoms with Crippen LogP contribution in [0.3, 0.4) is 0 Å². The zero-order chi connectivity index (χ0) is 12.7. The molecule has 0 saturated heterocycles. The molecule has 2 N–H and O–H groups in total. The number of carbonyl (C=O) groups is 1. The molecule has 4 nitrogen and oxygen atoms in total. The Morgan fingerprint density at radius 1 is 1.47 bits per heavy atom. The van der Waals surface area contributed by atoms with Gasteiger partial charge in [-0.05, 0) is 31.5 Å². The lowest BCUT2D eigenvalue weighted by atomic mass is 9.99. The Morgan fingerprint density at radius 2 is 2.24 bits per heavy atom. The normalized spacial score (nSPS) is 14.1. The third-order valence-electron chi connectivity index (χ3n) is 2.92. The number of likely N-dealkylation sites (N-methyl/N-ethyl adjacent to an activating group) is 1. The van der Waals surface area contributed by atoms with Gasteiger partial charge in [-0.2, -0.15) is 0 Å². The predicted molar refractivity (Wildman–Crippen MR) is 69.8 cm³/mol. The Hall–Kier alpha value is -1.42. The molecule has 0 aliphatic rings. The molecule has 0 bridgehead atoms. The van der Waals surface area contributed by atoms with Crippen LogP contribution in [0.25, 0.3) is 0 Å². The lowest BCUT2D eigenvalue weighted by molar-refractivity contribution is -0.118. The van der Waals surface area contributed by atoms with Crippen LogP contribution in [0.5, 0.6) is 0 Å². The zero-order valence-corrected chi connectivity index (χ0v) is 10.7. The van der Waals surface area contributed by atoms with Gasteiger partial charge in [0, 0.05) is 6.20 Å². The monoisotopic (exact) mass is 235 g/mol. The number of nitrogens with zero attached hydrogens (tertiary/aromatic N) is 1. The molecule has 2 atom stereocenters. The molecular weight excluding hydrogens is 214 g/mol. The fraction of sp³-hybridized carbons (Fsp3) is 0.538. The third-order valence-corrected chi connectivity index (χ3v) is 2.92. The average Bonchev–Trinajstić information content (AvgIpc) is 2.36. The molecule has 2 unspecified atom stereocenters. The van der Waals surface area contributed by atoms with Crippen LogP contribution in [0.4, 0.5) is 5.82 Å². The van der Waals surface area contributed by atoms with Gasteiger partial charge in [0.05, 0.1) is 6.04 Å². The first-order valence-corrected chi connectivity index (χ1v) is 6.06. The first-order chi connectivity index (χ1) is 8.17. The molecule has 0 aromatic carbocycles. The lowest BCUT2D eigenvalue weighted by Gasteiger charge is -2.18. The quantitative estimate of drug-likeness (QED) is 0.793. The molecule has 1 rings (SSSR count). The van der Waals surface area contributed by atoms with Crippen LogP contribution in [-0.4, -0.2) is 24.0 Å². The highest BCUT2D eigenvalue weighted by molar-refractivity contribution is 5.93. The maximum Gasteiger partial charge on any atom is 0.242 e. The van der Waals surface area contributed by atoms with Gasteiger partial charge < -0.3 is 10.6 Å². The minimum Gasteiger partial charge on any atom is -0.309 e. The van der Waals surface area contributed by atoms with E-state index < -0.39 is 0 Å². The van der Waals surface area contributed by atoms with Crippen molar-refractivity contribution >= 4 is 11.7 Å². The molecule has 94 valence electrons. The lowest BCUT2D eigenvalue weighted by Crippen LogP contribution is -2.39. The van der Waals surface area contributed by atoms with Crippen LogP contribution in [-0.2, 0) is 4.79 Å². The van der Waals surface area contributed by atoms with Crippen molar-refractivity contribution < 1.29 is 4.79 Å². The third kappa shape index (κ3) is 4.53. The molecule has 0 aliphatic heterocycles. The molecule has 1 amide bonds. The van der Waals surface area contributed by atoms with Gasteiger partial charge in [0.15, 0.2) is 0 Å². The molecule has 0 aliphatic carbocycles. The summed E-state index contributed by atoms with van der Waals surface area (Å²) in [5.41, 5.74) is 0. The van der Waals surface area contributed by atoms with Gasteiger partial charge in [0.1, 0.15) is 5.82 Å². The molecule has 0 saturated carbocycles. The summed E-state index contributed by atoms with van der Waals surface area (Å²) in [5, 5.41) is 5.86. The van der Waals surface area contributed by atoms with Gasteiger partial charge in [-0.25, -0.2) is 4.98 Å². The van der Waals surface area contributed by atoms with Crippen LogP contribution < -0.4 is 10.6 Å². The maximum atomic E-state index is 12.0. The number of aromatic nitrogens is 1. The van der Waals surface area contributed by atoms with Crippen LogP contribution in [0.2, 0.25) is 0 Å². The molecule has 1 heterocycles. The molecule has 0 fully saturated rings. The van der Waals surface area contributed by atoms with Gasteiger partial charge >= 0.3 is 0 Å². The molecule has 0 radical (unpaired) electrons. The van der Waals surface area contributed by atoms with Crippen molar-refractivity contribution in [2.45, 2.75) is 32.7 Å². The standard InChI is InChI=1S/C13H21N3O/c1-4-10(2)9-11(14-3)13(17)16-12-7-5-6-8-15-12/h5-8,10-11,14H,4,9H2,1-3H3,(H,15,16,17). The van der Waals surface area contributed by atoms with E-state index in [1.807, 2.05) is 19.2 Å². The highest BCUT2D eigenvalue weighted by atomic mass is 16.2. The number of rotatable bonds is 6. The number of amides is 1. The van der Waals surface area contributed by atoms with Gasteiger partial charge in [0.25, 0.3) is 0 Å². The fourth-order valence-corrected chi connectivity index (χ4v) is 1.58. The highest BCUT2D eigenvalue weighted by Crippen LogP contribution is 2.11. The van der Waals surface area contributed by atoms with E-state index in [9.17, 15) is 4.79 Å². The van der Waals surface area contributed by atoms with E-state index in [2.05, 4.69) is 29.5 Å². The summed E-state index contributed by atoms with van der Waals surface area (Å²) < 4.78 is 0. The zero-order valence-electron chi connectivity index (χ0n) is 10.7. The number of nitrogens with one attached hydrogen (secondary N) is 2. The van der Waals surface area contributed by atoms with E-state index in [1.54, 1.807) is 12.3 Å². The summed E-state index contributed by atoms with van der Waals surface area (Å²) >= 11 is 0. The van der Waals surface area contributed by atoms with Crippen molar-refractivity contribution in [1.29, 1.82) is 0 Å². The smallest absolute Gasteiger partial charge is 0.242 e. The van der Waals surface area contributed by atoms with Crippen molar-refractivity contribution in [2.24, 2.45) is 5.92 Å². The SMILES string of the molecule is CCC(C)CC(NC)C(=O)Nc1ccccn1. The topological polar surface area (TPSA) is 54.0 Å². The van der Waals surface area contributed by atoms with E-state index in [4.69, 9.17) is 0 Å². The van der Waals surface area contributed by atoms with Gasteiger partial charge in [-0.15, -0.1) is 0 Å². The molecule has 17 heavy (non-hydrogen) atoms. The van der Waals surface area contributed by atoms with E-state index in [1.165, 1.54) is 0 Å². The summed E-state index contributed by atoms with van der Waals surface area (Å²) in [6, 6.07) is 5.30. The van der Waals surface area contributed by atoms with Gasteiger partial charge in [0.2, 0.25) is 5.91 Å². The summed E-state index contributed by atoms with van der Waals surface area (Å²) in [7, 11) is 1.81. The minimum atomic E-state index is -0.160. The van der Waals surface area contributed by atoms with Crippen molar-refractivity contribution in [3.63, 3.8) is 0 Å². The first-order valence-electron chi connectivity index (χ1n) is 6.06. The Kier molecular flexibility index (Phi) is 5.63. The van der Waals surface area contributed by atoms with Crippen LogP contribution >= 0.6 is 0 Å². The molecule has 4 heteroatoms. The number of carbonyl (C=O) groups excluding carboxylic acids is 1. The minimum absolute atomic E-state index is 0.0218. The molecule has 1 aromatic rings. The number of anilines is 1. The van der Waals surface area contributed by atoms with Gasteiger partial charge in [-0.3, -0.25) is 4.79 Å². The summed E-state index contributed by atoms with van der Waals surface area (Å²) in [4.78, 5) is 16.1. The highest BCUT2D eigenvalue weighted by Gasteiger charge is 2.18.